The van der Waals surface area contributed by atoms with Crippen LogP contribution in [0, 0.1) is 0 Å². The molecule has 108 valence electrons. The SMILES string of the molecule is CCNc1nnc(C(=O)N(CC)CCCN(C)C)s1. The van der Waals surface area contributed by atoms with Gasteiger partial charge in [0.05, 0.1) is 0 Å². The molecule has 1 N–H and O–H groups in total. The van der Waals surface area contributed by atoms with E-state index in [1.54, 1.807) is 0 Å². The number of amides is 1. The summed E-state index contributed by atoms with van der Waals surface area (Å²) in [5.74, 6) is -0.0251. The Hall–Kier alpha value is -1.21. The minimum absolute atomic E-state index is 0.0251. The molecule has 6 nitrogen and oxygen atoms in total. The Labute approximate surface area is 118 Å². The zero-order chi connectivity index (χ0) is 14.3. The van der Waals surface area contributed by atoms with E-state index in [0.717, 1.165) is 26.1 Å². The van der Waals surface area contributed by atoms with Gasteiger partial charge in [-0.3, -0.25) is 4.79 Å². The summed E-state index contributed by atoms with van der Waals surface area (Å²) in [6.07, 6.45) is 0.964. The molecule has 0 fully saturated rings. The Morgan fingerprint density at radius 2 is 2.00 bits per heavy atom. The summed E-state index contributed by atoms with van der Waals surface area (Å²) >= 11 is 1.31. The quantitative estimate of drug-likeness (QED) is 0.782. The van der Waals surface area contributed by atoms with Crippen LogP contribution in [-0.4, -0.2) is 66.2 Å². The van der Waals surface area contributed by atoms with Crippen molar-refractivity contribution in [2.45, 2.75) is 20.3 Å². The van der Waals surface area contributed by atoms with E-state index in [9.17, 15) is 4.79 Å². The fraction of sp³-hybridized carbons (Fsp3) is 0.750. The molecule has 1 heterocycles. The van der Waals surface area contributed by atoms with Crippen LogP contribution in [0.15, 0.2) is 0 Å². The normalized spacial score (nSPS) is 10.8. The zero-order valence-electron chi connectivity index (χ0n) is 12.1. The summed E-state index contributed by atoms with van der Waals surface area (Å²) in [5, 5.41) is 12.1. The molecular formula is C12H23N5OS. The van der Waals surface area contributed by atoms with Crippen molar-refractivity contribution in [2.75, 3.05) is 45.6 Å². The molecule has 1 rings (SSSR count). The second-order valence-corrected chi connectivity index (χ2v) is 5.46. The molecule has 0 atom stereocenters. The maximum Gasteiger partial charge on any atom is 0.284 e. The van der Waals surface area contributed by atoms with Crippen molar-refractivity contribution < 1.29 is 4.79 Å². The molecule has 0 saturated heterocycles. The average molecular weight is 285 g/mol. The topological polar surface area (TPSA) is 61.4 Å². The van der Waals surface area contributed by atoms with E-state index in [2.05, 4.69) is 20.4 Å². The van der Waals surface area contributed by atoms with Gasteiger partial charge in [-0.05, 0) is 40.9 Å². The number of hydrogen-bond donors (Lipinski definition) is 1. The number of aromatic nitrogens is 2. The highest BCUT2D eigenvalue weighted by Crippen LogP contribution is 2.16. The molecule has 19 heavy (non-hydrogen) atoms. The van der Waals surface area contributed by atoms with Gasteiger partial charge in [0.15, 0.2) is 0 Å². The van der Waals surface area contributed by atoms with Gasteiger partial charge in [-0.2, -0.15) is 0 Å². The number of carbonyl (C=O) groups is 1. The Morgan fingerprint density at radius 3 is 2.58 bits per heavy atom. The molecule has 1 amide bonds. The van der Waals surface area contributed by atoms with E-state index in [4.69, 9.17) is 0 Å². The second kappa shape index (κ2) is 8.06. The van der Waals surface area contributed by atoms with E-state index < -0.39 is 0 Å². The van der Waals surface area contributed by atoms with Crippen LogP contribution in [0.4, 0.5) is 5.13 Å². The number of nitrogens with zero attached hydrogens (tertiary/aromatic N) is 4. The summed E-state index contributed by atoms with van der Waals surface area (Å²) in [6, 6.07) is 0. The number of anilines is 1. The van der Waals surface area contributed by atoms with Gasteiger partial charge in [0.25, 0.3) is 5.91 Å². The summed E-state index contributed by atoms with van der Waals surface area (Å²) < 4.78 is 0. The lowest BCUT2D eigenvalue weighted by atomic mass is 10.3. The molecule has 0 spiro atoms. The third-order valence-electron chi connectivity index (χ3n) is 2.64. The summed E-state index contributed by atoms with van der Waals surface area (Å²) in [4.78, 5) is 16.2. The van der Waals surface area contributed by atoms with Gasteiger partial charge in [-0.25, -0.2) is 0 Å². The first-order chi connectivity index (χ1) is 9.08. The van der Waals surface area contributed by atoms with Gasteiger partial charge in [0.2, 0.25) is 10.1 Å². The van der Waals surface area contributed by atoms with Crippen LogP contribution in [0.3, 0.4) is 0 Å². The number of hydrogen-bond acceptors (Lipinski definition) is 6. The highest BCUT2D eigenvalue weighted by Gasteiger charge is 2.18. The minimum atomic E-state index is -0.0251. The molecule has 0 unspecified atom stereocenters. The van der Waals surface area contributed by atoms with Crippen molar-refractivity contribution in [1.82, 2.24) is 20.0 Å². The minimum Gasteiger partial charge on any atom is -0.360 e. The average Bonchev–Trinajstić information content (AvgIpc) is 2.82. The van der Waals surface area contributed by atoms with E-state index in [1.165, 1.54) is 11.3 Å². The van der Waals surface area contributed by atoms with Crippen molar-refractivity contribution in [2.24, 2.45) is 0 Å². The highest BCUT2D eigenvalue weighted by atomic mass is 32.1. The smallest absolute Gasteiger partial charge is 0.284 e. The predicted molar refractivity (Wildman–Crippen MR) is 78.8 cm³/mol. The van der Waals surface area contributed by atoms with Crippen molar-refractivity contribution in [3.05, 3.63) is 5.01 Å². The molecule has 0 aliphatic heterocycles. The lowest BCUT2D eigenvalue weighted by Gasteiger charge is -2.20. The third kappa shape index (κ3) is 5.12. The van der Waals surface area contributed by atoms with E-state index in [0.29, 0.717) is 16.7 Å². The number of rotatable bonds is 8. The lowest BCUT2D eigenvalue weighted by molar-refractivity contribution is 0.0758. The van der Waals surface area contributed by atoms with Crippen molar-refractivity contribution in [3.8, 4) is 0 Å². The fourth-order valence-electron chi connectivity index (χ4n) is 1.65. The van der Waals surface area contributed by atoms with Crippen LogP contribution in [-0.2, 0) is 0 Å². The molecule has 0 aliphatic rings. The Balaban J connectivity index is 2.56. The molecule has 7 heteroatoms. The van der Waals surface area contributed by atoms with Gasteiger partial charge < -0.3 is 15.1 Å². The molecule has 0 aliphatic carbocycles. The van der Waals surface area contributed by atoms with Crippen LogP contribution < -0.4 is 5.32 Å². The van der Waals surface area contributed by atoms with E-state index in [-0.39, 0.29) is 5.91 Å². The van der Waals surface area contributed by atoms with Crippen LogP contribution in [0.1, 0.15) is 30.1 Å². The Bertz CT molecular complexity index is 393. The number of nitrogens with one attached hydrogen (secondary N) is 1. The van der Waals surface area contributed by atoms with Gasteiger partial charge >= 0.3 is 0 Å². The highest BCUT2D eigenvalue weighted by molar-refractivity contribution is 7.17. The molecule has 1 aromatic rings. The van der Waals surface area contributed by atoms with Crippen LogP contribution in [0.25, 0.3) is 0 Å². The van der Waals surface area contributed by atoms with Gasteiger partial charge in [-0.15, -0.1) is 10.2 Å². The van der Waals surface area contributed by atoms with Crippen LogP contribution in [0.2, 0.25) is 0 Å². The molecule has 0 saturated carbocycles. The standard InChI is InChI=1S/C12H23N5OS/c1-5-13-12-15-14-10(19-12)11(18)17(6-2)9-7-8-16(3)4/h5-9H2,1-4H3,(H,13,15). The fourth-order valence-corrected chi connectivity index (χ4v) is 2.43. The van der Waals surface area contributed by atoms with Gasteiger partial charge in [0, 0.05) is 19.6 Å². The van der Waals surface area contributed by atoms with Crippen LogP contribution in [0.5, 0.6) is 0 Å². The Morgan fingerprint density at radius 1 is 1.26 bits per heavy atom. The largest absolute Gasteiger partial charge is 0.360 e. The van der Waals surface area contributed by atoms with Crippen molar-refractivity contribution >= 4 is 22.4 Å². The molecular weight excluding hydrogens is 262 g/mol. The van der Waals surface area contributed by atoms with Crippen molar-refractivity contribution in [1.29, 1.82) is 0 Å². The summed E-state index contributed by atoms with van der Waals surface area (Å²) in [5.41, 5.74) is 0. The Kier molecular flexibility index (Phi) is 6.72. The summed E-state index contributed by atoms with van der Waals surface area (Å²) in [7, 11) is 4.07. The van der Waals surface area contributed by atoms with Crippen molar-refractivity contribution in [3.63, 3.8) is 0 Å². The summed E-state index contributed by atoms with van der Waals surface area (Å²) in [6.45, 7) is 7.18. The predicted octanol–water partition coefficient (Wildman–Crippen LogP) is 1.38. The van der Waals surface area contributed by atoms with Gasteiger partial charge in [-0.1, -0.05) is 11.3 Å². The molecule has 0 aromatic carbocycles. The van der Waals surface area contributed by atoms with E-state index in [1.807, 2.05) is 32.8 Å². The molecule has 0 radical (unpaired) electrons. The zero-order valence-corrected chi connectivity index (χ0v) is 13.0. The lowest BCUT2D eigenvalue weighted by Crippen LogP contribution is -2.33. The first kappa shape index (κ1) is 15.8. The first-order valence-electron chi connectivity index (χ1n) is 6.59. The molecule has 0 bridgehead atoms. The maximum absolute atomic E-state index is 12.3. The first-order valence-corrected chi connectivity index (χ1v) is 7.41. The second-order valence-electron chi connectivity index (χ2n) is 4.48. The van der Waals surface area contributed by atoms with Gasteiger partial charge in [0.1, 0.15) is 0 Å². The molecule has 1 aromatic heterocycles. The van der Waals surface area contributed by atoms with E-state index >= 15 is 0 Å². The number of carbonyl (C=O) groups excluding carboxylic acids is 1. The van der Waals surface area contributed by atoms with Crippen LogP contribution >= 0.6 is 11.3 Å². The third-order valence-corrected chi connectivity index (χ3v) is 3.51. The maximum atomic E-state index is 12.3. The monoisotopic (exact) mass is 285 g/mol.